The van der Waals surface area contributed by atoms with Gasteiger partial charge in [-0.1, -0.05) is 0 Å². The zero-order valence-electron chi connectivity index (χ0n) is 6.98. The summed E-state index contributed by atoms with van der Waals surface area (Å²) in [6.45, 7) is 5.00. The van der Waals surface area contributed by atoms with E-state index < -0.39 is 0 Å². The molecule has 0 aromatic heterocycles. The first kappa shape index (κ1) is 9.30. The molecule has 0 aromatic rings. The molecule has 2 unspecified atom stereocenters. The van der Waals surface area contributed by atoms with Crippen molar-refractivity contribution in [3.63, 3.8) is 0 Å². The van der Waals surface area contributed by atoms with Gasteiger partial charge in [-0.15, -0.1) is 11.6 Å². The number of nitrogens with one attached hydrogen (secondary N) is 1. The predicted octanol–water partition coefficient (Wildman–Crippen LogP) is 1.24. The number of hydrogen-bond acceptors (Lipinski definition) is 2. The van der Waals surface area contributed by atoms with E-state index in [1.54, 1.807) is 0 Å². The summed E-state index contributed by atoms with van der Waals surface area (Å²) in [6.07, 6.45) is 1.20. The zero-order chi connectivity index (χ0) is 8.10. The van der Waals surface area contributed by atoms with Crippen LogP contribution in [0.3, 0.4) is 0 Å². The highest BCUT2D eigenvalue weighted by Gasteiger charge is 2.15. The second-order valence-electron chi connectivity index (χ2n) is 3.19. The highest BCUT2D eigenvalue weighted by Crippen LogP contribution is 2.10. The largest absolute Gasteiger partial charge is 0.381 e. The molecule has 0 radical (unpaired) electrons. The minimum atomic E-state index is 0.428. The van der Waals surface area contributed by atoms with Crippen LogP contribution in [-0.4, -0.2) is 31.7 Å². The zero-order valence-corrected chi connectivity index (χ0v) is 7.73. The summed E-state index contributed by atoms with van der Waals surface area (Å²) >= 11 is 5.64. The maximum atomic E-state index is 5.64. The van der Waals surface area contributed by atoms with E-state index in [1.807, 2.05) is 0 Å². The highest BCUT2D eigenvalue weighted by atomic mass is 35.5. The molecule has 0 aliphatic carbocycles. The van der Waals surface area contributed by atoms with Crippen LogP contribution in [0.1, 0.15) is 13.3 Å². The lowest BCUT2D eigenvalue weighted by Crippen LogP contribution is -2.32. The first-order valence-corrected chi connectivity index (χ1v) is 4.73. The van der Waals surface area contributed by atoms with Crippen LogP contribution in [0, 0.1) is 5.92 Å². The third kappa shape index (κ3) is 3.41. The molecule has 1 aliphatic heterocycles. The summed E-state index contributed by atoms with van der Waals surface area (Å²) in [4.78, 5) is 0. The normalized spacial score (nSPS) is 27.3. The fourth-order valence-corrected chi connectivity index (χ4v) is 1.28. The number of ether oxygens (including phenoxy) is 1. The van der Waals surface area contributed by atoms with Gasteiger partial charge in [-0.3, -0.25) is 0 Å². The quantitative estimate of drug-likeness (QED) is 0.653. The van der Waals surface area contributed by atoms with Crippen molar-refractivity contribution >= 4 is 11.6 Å². The lowest BCUT2D eigenvalue weighted by atomic mass is 10.1. The summed E-state index contributed by atoms with van der Waals surface area (Å²) in [5.41, 5.74) is 0. The molecule has 3 heteroatoms. The van der Waals surface area contributed by atoms with Crippen LogP contribution in [0.4, 0.5) is 0 Å². The molecule has 1 aliphatic rings. The van der Waals surface area contributed by atoms with E-state index in [0.29, 0.717) is 17.8 Å². The molecule has 11 heavy (non-hydrogen) atoms. The summed E-state index contributed by atoms with van der Waals surface area (Å²) in [7, 11) is 0. The Morgan fingerprint density at radius 3 is 3.09 bits per heavy atom. The molecular weight excluding hydrogens is 162 g/mol. The van der Waals surface area contributed by atoms with Crippen LogP contribution in [0.2, 0.25) is 0 Å². The Balaban J connectivity index is 2.01. The van der Waals surface area contributed by atoms with E-state index in [4.69, 9.17) is 16.3 Å². The first-order chi connectivity index (χ1) is 5.33. The monoisotopic (exact) mass is 177 g/mol. The summed E-state index contributed by atoms with van der Waals surface area (Å²) in [5.74, 6) is 1.40. The van der Waals surface area contributed by atoms with Crippen molar-refractivity contribution in [2.45, 2.75) is 19.4 Å². The van der Waals surface area contributed by atoms with E-state index in [-0.39, 0.29) is 0 Å². The van der Waals surface area contributed by atoms with Crippen LogP contribution < -0.4 is 5.32 Å². The molecule has 0 saturated carbocycles. The third-order valence-electron chi connectivity index (χ3n) is 2.01. The molecule has 66 valence electrons. The summed E-state index contributed by atoms with van der Waals surface area (Å²) < 4.78 is 5.25. The Bertz CT molecular complexity index is 104. The fourth-order valence-electron chi connectivity index (χ4n) is 1.17. The first-order valence-electron chi connectivity index (χ1n) is 4.20. The molecule has 1 N–H and O–H groups in total. The highest BCUT2D eigenvalue weighted by molar-refractivity contribution is 6.18. The van der Waals surface area contributed by atoms with Gasteiger partial charge in [0.2, 0.25) is 0 Å². The second-order valence-corrected chi connectivity index (χ2v) is 3.50. The van der Waals surface area contributed by atoms with Gasteiger partial charge in [0.1, 0.15) is 0 Å². The second kappa shape index (κ2) is 4.96. The van der Waals surface area contributed by atoms with Gasteiger partial charge >= 0.3 is 0 Å². The van der Waals surface area contributed by atoms with Gasteiger partial charge in [0.15, 0.2) is 0 Å². The maximum Gasteiger partial charge on any atom is 0.0507 e. The van der Waals surface area contributed by atoms with Crippen molar-refractivity contribution in [3.8, 4) is 0 Å². The van der Waals surface area contributed by atoms with Crippen LogP contribution >= 0.6 is 11.6 Å². The number of rotatable bonds is 4. The molecule has 1 fully saturated rings. The van der Waals surface area contributed by atoms with Crippen molar-refractivity contribution in [2.24, 2.45) is 5.92 Å². The SMILES string of the molecule is CC(CCl)NCC1CCOC1. The summed E-state index contributed by atoms with van der Waals surface area (Å²) in [5, 5.41) is 3.36. The predicted molar refractivity (Wildman–Crippen MR) is 47.1 cm³/mol. The van der Waals surface area contributed by atoms with Crippen LogP contribution in [0.15, 0.2) is 0 Å². The lowest BCUT2D eigenvalue weighted by Gasteiger charge is -2.13. The Morgan fingerprint density at radius 2 is 2.55 bits per heavy atom. The molecule has 0 aromatic carbocycles. The molecule has 0 spiro atoms. The van der Waals surface area contributed by atoms with E-state index in [1.165, 1.54) is 6.42 Å². The number of hydrogen-bond donors (Lipinski definition) is 1. The van der Waals surface area contributed by atoms with Crippen molar-refractivity contribution in [1.29, 1.82) is 0 Å². The van der Waals surface area contributed by atoms with E-state index in [2.05, 4.69) is 12.2 Å². The van der Waals surface area contributed by atoms with E-state index in [0.717, 1.165) is 19.8 Å². The van der Waals surface area contributed by atoms with Gasteiger partial charge in [0, 0.05) is 25.1 Å². The van der Waals surface area contributed by atoms with Crippen LogP contribution in [0.25, 0.3) is 0 Å². The minimum Gasteiger partial charge on any atom is -0.381 e. The van der Waals surface area contributed by atoms with Gasteiger partial charge in [-0.2, -0.15) is 0 Å². The number of alkyl halides is 1. The average Bonchev–Trinajstić information content (AvgIpc) is 2.52. The van der Waals surface area contributed by atoms with Gasteiger partial charge in [0.25, 0.3) is 0 Å². The maximum absolute atomic E-state index is 5.64. The van der Waals surface area contributed by atoms with Crippen molar-refractivity contribution in [3.05, 3.63) is 0 Å². The molecule has 1 heterocycles. The van der Waals surface area contributed by atoms with Crippen molar-refractivity contribution < 1.29 is 4.74 Å². The van der Waals surface area contributed by atoms with Gasteiger partial charge in [0.05, 0.1) is 6.61 Å². The van der Waals surface area contributed by atoms with Gasteiger partial charge in [-0.25, -0.2) is 0 Å². The Labute approximate surface area is 73.3 Å². The summed E-state index contributed by atoms with van der Waals surface area (Å²) in [6, 6.07) is 0.428. The molecular formula is C8H16ClNO. The van der Waals surface area contributed by atoms with Gasteiger partial charge in [-0.05, 0) is 19.3 Å². The van der Waals surface area contributed by atoms with E-state index in [9.17, 15) is 0 Å². The Morgan fingerprint density at radius 1 is 1.73 bits per heavy atom. The Hall–Kier alpha value is 0.210. The average molecular weight is 178 g/mol. The number of halogens is 1. The molecule has 2 nitrogen and oxygen atoms in total. The fraction of sp³-hybridized carbons (Fsp3) is 1.00. The van der Waals surface area contributed by atoms with Crippen molar-refractivity contribution in [2.75, 3.05) is 25.6 Å². The van der Waals surface area contributed by atoms with Crippen molar-refractivity contribution in [1.82, 2.24) is 5.32 Å². The Kier molecular flexibility index (Phi) is 4.20. The van der Waals surface area contributed by atoms with Crippen LogP contribution in [-0.2, 0) is 4.74 Å². The standard InChI is InChI=1S/C8H16ClNO/c1-7(4-9)10-5-8-2-3-11-6-8/h7-8,10H,2-6H2,1H3. The molecule has 1 rings (SSSR count). The smallest absolute Gasteiger partial charge is 0.0507 e. The molecule has 0 bridgehead atoms. The van der Waals surface area contributed by atoms with Gasteiger partial charge < -0.3 is 10.1 Å². The molecule has 2 atom stereocenters. The third-order valence-corrected chi connectivity index (χ3v) is 2.47. The van der Waals surface area contributed by atoms with Crippen LogP contribution in [0.5, 0.6) is 0 Å². The molecule has 1 saturated heterocycles. The lowest BCUT2D eigenvalue weighted by molar-refractivity contribution is 0.185. The molecule has 0 amide bonds. The van der Waals surface area contributed by atoms with E-state index >= 15 is 0 Å². The topological polar surface area (TPSA) is 21.3 Å². The minimum absolute atomic E-state index is 0.428.